The van der Waals surface area contributed by atoms with E-state index in [9.17, 15) is 4.79 Å². The predicted molar refractivity (Wildman–Crippen MR) is 70.5 cm³/mol. The van der Waals surface area contributed by atoms with Crippen LogP contribution in [0.15, 0.2) is 0 Å². The molecule has 1 saturated heterocycles. The van der Waals surface area contributed by atoms with Crippen LogP contribution in [0.25, 0.3) is 0 Å². The van der Waals surface area contributed by atoms with E-state index in [0.717, 1.165) is 19.5 Å². The average Bonchev–Trinajstić information content (AvgIpc) is 2.29. The minimum absolute atomic E-state index is 0.0476. The first-order valence-corrected chi connectivity index (χ1v) is 6.47. The van der Waals surface area contributed by atoms with Crippen LogP contribution in [0.1, 0.15) is 27.2 Å². The minimum Gasteiger partial charge on any atom is -0.385 e. The highest BCUT2D eigenvalue weighted by Crippen LogP contribution is 2.19. The molecule has 0 bridgehead atoms. The fraction of sp³-hybridized carbons (Fsp3) is 0.923. The van der Waals surface area contributed by atoms with Gasteiger partial charge in [-0.05, 0) is 18.8 Å². The number of hydrogen-bond acceptors (Lipinski definition) is 4. The molecule has 0 unspecified atom stereocenters. The van der Waals surface area contributed by atoms with Gasteiger partial charge >= 0.3 is 0 Å². The second-order valence-electron chi connectivity index (χ2n) is 6.03. The molecule has 18 heavy (non-hydrogen) atoms. The van der Waals surface area contributed by atoms with Gasteiger partial charge in [0.2, 0.25) is 5.91 Å². The average molecular weight is 258 g/mol. The number of carbonyl (C=O) groups excluding carboxylic acids is 1. The van der Waals surface area contributed by atoms with E-state index in [2.05, 4.69) is 24.5 Å². The van der Waals surface area contributed by atoms with Crippen LogP contribution in [-0.2, 0) is 14.3 Å². The number of nitrogens with one attached hydrogen (secondary N) is 2. The first-order valence-electron chi connectivity index (χ1n) is 6.47. The zero-order chi connectivity index (χ0) is 13.6. The predicted octanol–water partition coefficient (Wildman–Crippen LogP) is 0.544. The van der Waals surface area contributed by atoms with E-state index in [4.69, 9.17) is 9.47 Å². The highest BCUT2D eigenvalue weighted by atomic mass is 16.5. The molecule has 1 aliphatic rings. The number of methoxy groups -OCH3 is 1. The highest BCUT2D eigenvalue weighted by molar-refractivity contribution is 5.77. The first kappa shape index (κ1) is 15.4. The molecule has 0 saturated carbocycles. The van der Waals surface area contributed by atoms with Crippen LogP contribution in [0.2, 0.25) is 0 Å². The molecular formula is C13H26N2O3. The van der Waals surface area contributed by atoms with Crippen molar-refractivity contribution in [2.75, 3.05) is 40.0 Å². The second-order valence-corrected chi connectivity index (χ2v) is 6.03. The van der Waals surface area contributed by atoms with Crippen LogP contribution in [0.4, 0.5) is 0 Å². The summed E-state index contributed by atoms with van der Waals surface area (Å²) >= 11 is 0. The Kier molecular flexibility index (Phi) is 5.56. The lowest BCUT2D eigenvalue weighted by Gasteiger charge is -2.38. The van der Waals surface area contributed by atoms with Gasteiger partial charge in [-0.3, -0.25) is 4.79 Å². The fourth-order valence-corrected chi connectivity index (χ4v) is 1.67. The van der Waals surface area contributed by atoms with Crippen molar-refractivity contribution in [3.05, 3.63) is 0 Å². The third-order valence-electron chi connectivity index (χ3n) is 3.30. The van der Waals surface area contributed by atoms with Gasteiger partial charge in [0.25, 0.3) is 0 Å². The zero-order valence-corrected chi connectivity index (χ0v) is 12.0. The molecule has 0 aliphatic carbocycles. The van der Waals surface area contributed by atoms with Gasteiger partial charge in [-0.2, -0.15) is 0 Å². The third-order valence-corrected chi connectivity index (χ3v) is 3.30. The maximum Gasteiger partial charge on any atom is 0.246 e. The molecule has 1 aliphatic heterocycles. The van der Waals surface area contributed by atoms with Crippen molar-refractivity contribution in [1.82, 2.24) is 10.6 Å². The molecule has 1 amide bonds. The van der Waals surface area contributed by atoms with E-state index in [1.54, 1.807) is 7.11 Å². The van der Waals surface area contributed by atoms with Crippen LogP contribution in [-0.4, -0.2) is 51.5 Å². The van der Waals surface area contributed by atoms with Crippen molar-refractivity contribution < 1.29 is 14.3 Å². The molecule has 106 valence electrons. The summed E-state index contributed by atoms with van der Waals surface area (Å²) in [6, 6.07) is 0. The molecule has 0 aromatic rings. The Labute approximate surface area is 110 Å². The van der Waals surface area contributed by atoms with E-state index in [1.807, 2.05) is 6.92 Å². The van der Waals surface area contributed by atoms with Crippen LogP contribution in [0.5, 0.6) is 0 Å². The van der Waals surface area contributed by atoms with E-state index >= 15 is 0 Å². The lowest BCUT2D eigenvalue weighted by molar-refractivity contribution is -0.136. The van der Waals surface area contributed by atoms with Gasteiger partial charge < -0.3 is 20.1 Å². The standard InChI is InChI=1S/C13H26N2O3/c1-12(2,5-6-17-4)8-15-11(16)7-18-13(3)9-14-10-13/h14H,5-10H2,1-4H3,(H,15,16). The molecule has 5 nitrogen and oxygen atoms in total. The van der Waals surface area contributed by atoms with Crippen LogP contribution < -0.4 is 10.6 Å². The van der Waals surface area contributed by atoms with Crippen molar-refractivity contribution in [2.24, 2.45) is 5.41 Å². The number of ether oxygens (including phenoxy) is 2. The van der Waals surface area contributed by atoms with Gasteiger partial charge in [0.15, 0.2) is 0 Å². The minimum atomic E-state index is -0.164. The van der Waals surface area contributed by atoms with Gasteiger partial charge in [-0.1, -0.05) is 13.8 Å². The Hall–Kier alpha value is -0.650. The van der Waals surface area contributed by atoms with Crippen LogP contribution >= 0.6 is 0 Å². The number of carbonyl (C=O) groups is 1. The van der Waals surface area contributed by atoms with Crippen LogP contribution in [0, 0.1) is 5.41 Å². The van der Waals surface area contributed by atoms with E-state index < -0.39 is 0 Å². The molecular weight excluding hydrogens is 232 g/mol. The largest absolute Gasteiger partial charge is 0.385 e. The molecule has 1 fully saturated rings. The Bertz CT molecular complexity index is 275. The van der Waals surface area contributed by atoms with Crippen molar-refractivity contribution >= 4 is 5.91 Å². The summed E-state index contributed by atoms with van der Waals surface area (Å²) in [6.45, 7) is 9.38. The molecule has 0 aromatic heterocycles. The summed E-state index contributed by atoms with van der Waals surface area (Å²) in [5.41, 5.74) is -0.115. The normalized spacial score (nSPS) is 18.2. The lowest BCUT2D eigenvalue weighted by Crippen LogP contribution is -2.59. The lowest BCUT2D eigenvalue weighted by atomic mass is 9.90. The van der Waals surface area contributed by atoms with Gasteiger partial charge in [-0.25, -0.2) is 0 Å². The molecule has 0 atom stereocenters. The molecule has 1 rings (SSSR count). The van der Waals surface area contributed by atoms with E-state index in [1.165, 1.54) is 0 Å². The molecule has 1 heterocycles. The van der Waals surface area contributed by atoms with Crippen molar-refractivity contribution in [1.29, 1.82) is 0 Å². The monoisotopic (exact) mass is 258 g/mol. The van der Waals surface area contributed by atoms with E-state index in [-0.39, 0.29) is 23.5 Å². The maximum absolute atomic E-state index is 11.7. The van der Waals surface area contributed by atoms with Crippen molar-refractivity contribution in [3.63, 3.8) is 0 Å². The van der Waals surface area contributed by atoms with Gasteiger partial charge in [0.1, 0.15) is 6.61 Å². The smallest absolute Gasteiger partial charge is 0.246 e. The molecule has 5 heteroatoms. The van der Waals surface area contributed by atoms with Gasteiger partial charge in [-0.15, -0.1) is 0 Å². The maximum atomic E-state index is 11.7. The Balaban J connectivity index is 2.15. The quantitative estimate of drug-likeness (QED) is 0.667. The summed E-state index contributed by atoms with van der Waals surface area (Å²) in [7, 11) is 1.69. The fourth-order valence-electron chi connectivity index (χ4n) is 1.67. The zero-order valence-electron chi connectivity index (χ0n) is 12.0. The third kappa shape index (κ3) is 5.33. The number of hydrogen-bond donors (Lipinski definition) is 2. The van der Waals surface area contributed by atoms with Gasteiger partial charge in [0, 0.05) is 33.4 Å². The highest BCUT2D eigenvalue weighted by Gasteiger charge is 2.33. The van der Waals surface area contributed by atoms with E-state index in [0.29, 0.717) is 13.2 Å². The SMILES string of the molecule is COCCC(C)(C)CNC(=O)COC1(C)CNC1. The Morgan fingerprint density at radius 1 is 1.44 bits per heavy atom. The van der Waals surface area contributed by atoms with Crippen molar-refractivity contribution in [3.8, 4) is 0 Å². The van der Waals surface area contributed by atoms with Crippen molar-refractivity contribution in [2.45, 2.75) is 32.8 Å². The first-order chi connectivity index (χ1) is 8.37. The van der Waals surface area contributed by atoms with Gasteiger partial charge in [0.05, 0.1) is 5.60 Å². The molecule has 0 aromatic carbocycles. The summed E-state index contributed by atoms with van der Waals surface area (Å²) in [4.78, 5) is 11.7. The topological polar surface area (TPSA) is 59.6 Å². The molecule has 0 spiro atoms. The molecule has 2 N–H and O–H groups in total. The van der Waals surface area contributed by atoms with Crippen LogP contribution in [0.3, 0.4) is 0 Å². The number of amides is 1. The summed E-state index contributed by atoms with van der Waals surface area (Å²) in [5, 5.41) is 6.05. The molecule has 0 radical (unpaired) electrons. The summed E-state index contributed by atoms with van der Waals surface area (Å²) in [6.07, 6.45) is 0.923. The summed E-state index contributed by atoms with van der Waals surface area (Å²) < 4.78 is 10.6. The Morgan fingerprint density at radius 2 is 2.11 bits per heavy atom. The Morgan fingerprint density at radius 3 is 2.61 bits per heavy atom. The summed E-state index contributed by atoms with van der Waals surface area (Å²) in [5.74, 6) is -0.0476. The number of rotatable bonds is 8. The second kappa shape index (κ2) is 6.50.